The normalized spacial score (nSPS) is 15.2. The van der Waals surface area contributed by atoms with Crippen molar-refractivity contribution in [2.45, 2.75) is 13.5 Å². The van der Waals surface area contributed by atoms with Gasteiger partial charge in [0.15, 0.2) is 0 Å². The van der Waals surface area contributed by atoms with Crippen molar-refractivity contribution in [2.75, 3.05) is 37.2 Å². The molecule has 0 bridgehead atoms. The van der Waals surface area contributed by atoms with E-state index in [1.54, 1.807) is 6.20 Å². The van der Waals surface area contributed by atoms with Gasteiger partial charge in [0, 0.05) is 50.2 Å². The number of hydrogen-bond donors (Lipinski definition) is 3. The molecule has 2 aromatic rings. The van der Waals surface area contributed by atoms with E-state index >= 15 is 0 Å². The Morgan fingerprint density at radius 3 is 2.52 bits per heavy atom. The second-order valence-electron chi connectivity index (χ2n) is 6.13. The van der Waals surface area contributed by atoms with E-state index in [1.165, 1.54) is 10.5 Å². The van der Waals surface area contributed by atoms with Gasteiger partial charge in [-0.15, -0.1) is 0 Å². The maximum atomic E-state index is 10.9. The number of benzene rings is 1. The van der Waals surface area contributed by atoms with Crippen LogP contribution < -0.4 is 11.1 Å². The molecule has 1 aliphatic heterocycles. The van der Waals surface area contributed by atoms with Crippen LogP contribution in [0.2, 0.25) is 0 Å². The predicted octanol–water partition coefficient (Wildman–Crippen LogP) is 1.91. The maximum absolute atomic E-state index is 10.9. The molecule has 1 saturated heterocycles. The lowest BCUT2D eigenvalue weighted by Crippen LogP contribution is -2.47. The van der Waals surface area contributed by atoms with Crippen LogP contribution in [0.1, 0.15) is 11.1 Å². The Bertz CT molecular complexity index is 741. The van der Waals surface area contributed by atoms with E-state index in [0.29, 0.717) is 24.9 Å². The molecule has 0 spiro atoms. The first-order valence-corrected chi connectivity index (χ1v) is 8.16. The summed E-state index contributed by atoms with van der Waals surface area (Å²) in [6, 6.07) is 8.04. The highest BCUT2D eigenvalue weighted by molar-refractivity contribution is 5.65. The second-order valence-corrected chi connectivity index (χ2v) is 6.13. The van der Waals surface area contributed by atoms with Gasteiger partial charge in [-0.05, 0) is 24.6 Å². The minimum Gasteiger partial charge on any atom is -0.465 e. The van der Waals surface area contributed by atoms with Crippen molar-refractivity contribution < 1.29 is 9.90 Å². The molecule has 4 N–H and O–H groups in total. The number of anilines is 3. The molecule has 1 fully saturated rings. The van der Waals surface area contributed by atoms with E-state index in [9.17, 15) is 4.79 Å². The summed E-state index contributed by atoms with van der Waals surface area (Å²) < 4.78 is 0. The molecule has 132 valence electrons. The van der Waals surface area contributed by atoms with Crippen LogP contribution >= 0.6 is 0 Å². The zero-order valence-corrected chi connectivity index (χ0v) is 14.1. The lowest BCUT2D eigenvalue weighted by atomic mass is 10.2. The molecule has 25 heavy (non-hydrogen) atoms. The smallest absolute Gasteiger partial charge is 0.407 e. The van der Waals surface area contributed by atoms with Gasteiger partial charge in [0.2, 0.25) is 5.95 Å². The minimum absolute atomic E-state index is 0.467. The van der Waals surface area contributed by atoms with Crippen molar-refractivity contribution in [2.24, 2.45) is 0 Å². The molecule has 0 atom stereocenters. The zero-order chi connectivity index (χ0) is 17.8. The quantitative estimate of drug-likeness (QED) is 0.779. The van der Waals surface area contributed by atoms with Crippen molar-refractivity contribution in [3.05, 3.63) is 41.6 Å². The SMILES string of the molecule is Cc1cnc(Nc2ccc(CN3CCN(C(=O)O)CC3)cc2)nc1N. The van der Waals surface area contributed by atoms with Crippen molar-refractivity contribution in [3.63, 3.8) is 0 Å². The minimum atomic E-state index is -0.839. The molecule has 3 rings (SSSR count). The third-order valence-corrected chi connectivity index (χ3v) is 4.27. The van der Waals surface area contributed by atoms with Crippen molar-refractivity contribution >= 4 is 23.5 Å². The number of piperazine rings is 1. The summed E-state index contributed by atoms with van der Waals surface area (Å²) in [6.45, 7) is 5.29. The molecule has 1 aliphatic rings. The molecule has 0 unspecified atom stereocenters. The lowest BCUT2D eigenvalue weighted by Gasteiger charge is -2.33. The number of aryl methyl sites for hydroxylation is 1. The van der Waals surface area contributed by atoms with Gasteiger partial charge in [-0.2, -0.15) is 4.98 Å². The third kappa shape index (κ3) is 4.36. The number of carboxylic acid groups (broad SMARTS) is 1. The largest absolute Gasteiger partial charge is 0.465 e. The standard InChI is InChI=1S/C17H22N6O2/c1-12-10-19-16(21-15(12)18)20-14-4-2-13(3-5-14)11-22-6-8-23(9-7-22)17(24)25/h2-5,10H,6-9,11H2,1H3,(H,24,25)(H3,18,19,20,21). The molecule has 8 nitrogen and oxygen atoms in total. The Hall–Kier alpha value is -2.87. The number of nitrogens with two attached hydrogens (primary N) is 1. The summed E-state index contributed by atoms with van der Waals surface area (Å²) in [5.74, 6) is 0.940. The molecule has 8 heteroatoms. The zero-order valence-electron chi connectivity index (χ0n) is 14.1. The Morgan fingerprint density at radius 2 is 1.92 bits per heavy atom. The van der Waals surface area contributed by atoms with E-state index in [0.717, 1.165) is 30.9 Å². The molecular weight excluding hydrogens is 320 g/mol. The number of nitrogens with zero attached hydrogens (tertiary/aromatic N) is 4. The number of carbonyl (C=O) groups is 1. The summed E-state index contributed by atoms with van der Waals surface area (Å²) >= 11 is 0. The van der Waals surface area contributed by atoms with E-state index < -0.39 is 6.09 Å². The maximum Gasteiger partial charge on any atom is 0.407 e. The van der Waals surface area contributed by atoms with Gasteiger partial charge in [0.05, 0.1) is 0 Å². The Labute approximate surface area is 146 Å². The third-order valence-electron chi connectivity index (χ3n) is 4.27. The van der Waals surface area contributed by atoms with Crippen LogP contribution in [-0.2, 0) is 6.54 Å². The Morgan fingerprint density at radius 1 is 1.24 bits per heavy atom. The van der Waals surface area contributed by atoms with E-state index in [-0.39, 0.29) is 0 Å². The fourth-order valence-electron chi connectivity index (χ4n) is 2.69. The van der Waals surface area contributed by atoms with E-state index in [2.05, 4.69) is 20.2 Å². The number of nitrogens with one attached hydrogen (secondary N) is 1. The predicted molar refractivity (Wildman–Crippen MR) is 95.8 cm³/mol. The van der Waals surface area contributed by atoms with Gasteiger partial charge < -0.3 is 21.1 Å². The van der Waals surface area contributed by atoms with Gasteiger partial charge in [-0.1, -0.05) is 12.1 Å². The monoisotopic (exact) mass is 342 g/mol. The van der Waals surface area contributed by atoms with Crippen LogP contribution in [0.25, 0.3) is 0 Å². The molecule has 0 radical (unpaired) electrons. The highest BCUT2D eigenvalue weighted by Gasteiger charge is 2.20. The molecule has 0 aliphatic carbocycles. The van der Waals surface area contributed by atoms with Crippen molar-refractivity contribution in [3.8, 4) is 0 Å². The highest BCUT2D eigenvalue weighted by atomic mass is 16.4. The highest BCUT2D eigenvalue weighted by Crippen LogP contribution is 2.17. The van der Waals surface area contributed by atoms with Gasteiger partial charge in [0.25, 0.3) is 0 Å². The number of rotatable bonds is 4. The van der Waals surface area contributed by atoms with Crippen LogP contribution in [0.5, 0.6) is 0 Å². The molecular formula is C17H22N6O2. The second kappa shape index (κ2) is 7.35. The molecule has 0 saturated carbocycles. The van der Waals surface area contributed by atoms with Crippen LogP contribution in [0.3, 0.4) is 0 Å². The summed E-state index contributed by atoms with van der Waals surface area (Å²) in [5, 5.41) is 12.1. The van der Waals surface area contributed by atoms with Crippen LogP contribution in [-0.4, -0.2) is 57.1 Å². The first-order chi connectivity index (χ1) is 12.0. The number of amides is 1. The van der Waals surface area contributed by atoms with Crippen molar-refractivity contribution in [1.29, 1.82) is 0 Å². The first kappa shape index (κ1) is 17.0. The number of hydrogen-bond acceptors (Lipinski definition) is 6. The fraction of sp³-hybridized carbons (Fsp3) is 0.353. The topological polar surface area (TPSA) is 108 Å². The Balaban J connectivity index is 1.55. The first-order valence-electron chi connectivity index (χ1n) is 8.16. The van der Waals surface area contributed by atoms with Gasteiger partial charge in [-0.3, -0.25) is 4.90 Å². The number of aromatic nitrogens is 2. The van der Waals surface area contributed by atoms with Crippen LogP contribution in [0.4, 0.5) is 22.2 Å². The summed E-state index contributed by atoms with van der Waals surface area (Å²) in [5.41, 5.74) is 8.72. The van der Waals surface area contributed by atoms with E-state index in [4.69, 9.17) is 10.8 Å². The van der Waals surface area contributed by atoms with Crippen molar-refractivity contribution in [1.82, 2.24) is 19.8 Å². The average Bonchev–Trinajstić information content (AvgIpc) is 2.60. The average molecular weight is 342 g/mol. The molecule has 1 aromatic carbocycles. The lowest BCUT2D eigenvalue weighted by molar-refractivity contribution is 0.103. The molecule has 2 heterocycles. The molecule has 1 aromatic heterocycles. The van der Waals surface area contributed by atoms with Gasteiger partial charge in [-0.25, -0.2) is 9.78 Å². The van der Waals surface area contributed by atoms with Gasteiger partial charge in [0.1, 0.15) is 5.82 Å². The Kier molecular flexibility index (Phi) is 4.99. The van der Waals surface area contributed by atoms with Gasteiger partial charge >= 0.3 is 6.09 Å². The summed E-state index contributed by atoms with van der Waals surface area (Å²) in [6.07, 6.45) is 0.851. The van der Waals surface area contributed by atoms with Crippen LogP contribution in [0, 0.1) is 6.92 Å². The number of nitrogen functional groups attached to an aromatic ring is 1. The molecule has 1 amide bonds. The summed E-state index contributed by atoms with van der Waals surface area (Å²) in [7, 11) is 0. The van der Waals surface area contributed by atoms with E-state index in [1.807, 2.05) is 31.2 Å². The fourth-order valence-corrected chi connectivity index (χ4v) is 2.69. The summed E-state index contributed by atoms with van der Waals surface area (Å²) in [4.78, 5) is 23.0. The van der Waals surface area contributed by atoms with Crippen LogP contribution in [0.15, 0.2) is 30.5 Å².